The molecule has 4 atom stereocenters. The smallest absolute Gasteiger partial charge is 1.00 e. The molecule has 0 aliphatic carbocycles. The molecule has 367 valence electrons. The number of benzene rings is 6. The maximum atomic E-state index is 14.1. The molecular formula is C53H53BF6N4NaO6. The van der Waals surface area contributed by atoms with Crippen molar-refractivity contribution >= 4 is 20.5 Å². The second kappa shape index (κ2) is 26.0. The summed E-state index contributed by atoms with van der Waals surface area (Å²) in [7, 11) is 0. The SMILES string of the molecule is C=CC[C@@]1(c2ccc(F)cc2)CCN([C@@H](C)c2ccc(-c3ccc(F)cc3F)cc2)C(=O)N1.C[C@@H](c1ccc(-c2ccc(F)cc2F)cc1)N1CC[C@@](CCO)(c2ccc(F)cc2)NC1=O.OOO.[B].[H-].[Na+]. The van der Waals surface area contributed by atoms with Crippen molar-refractivity contribution < 1.29 is 87.6 Å². The van der Waals surface area contributed by atoms with Crippen molar-refractivity contribution in [3.63, 3.8) is 0 Å². The fraction of sp³-hybridized carbons (Fsp3) is 0.245. The number of urea groups is 2. The summed E-state index contributed by atoms with van der Waals surface area (Å²) in [6.07, 6.45) is 3.80. The molecule has 2 aliphatic rings. The molecule has 8 rings (SSSR count). The minimum Gasteiger partial charge on any atom is -1.00 e. The van der Waals surface area contributed by atoms with Crippen molar-refractivity contribution in [1.29, 1.82) is 0 Å². The third-order valence-corrected chi connectivity index (χ3v) is 12.8. The van der Waals surface area contributed by atoms with Gasteiger partial charge < -0.3 is 27.0 Å². The Bertz CT molecular complexity index is 2720. The molecule has 2 aliphatic heterocycles. The number of amides is 4. The second-order valence-electron chi connectivity index (χ2n) is 16.8. The molecule has 2 heterocycles. The first-order valence-electron chi connectivity index (χ1n) is 22.0. The van der Waals surface area contributed by atoms with Crippen LogP contribution in [0.5, 0.6) is 0 Å². The average molecular weight is 990 g/mol. The maximum absolute atomic E-state index is 14.1. The van der Waals surface area contributed by atoms with E-state index in [9.17, 15) is 41.0 Å². The van der Waals surface area contributed by atoms with Crippen LogP contribution in [0.2, 0.25) is 0 Å². The maximum Gasteiger partial charge on any atom is 1.00 e. The van der Waals surface area contributed by atoms with Gasteiger partial charge in [-0.1, -0.05) is 83.9 Å². The number of aliphatic hydroxyl groups excluding tert-OH is 1. The van der Waals surface area contributed by atoms with Gasteiger partial charge in [0.05, 0.1) is 23.2 Å². The Kier molecular flexibility index (Phi) is 21.1. The van der Waals surface area contributed by atoms with E-state index in [0.29, 0.717) is 61.0 Å². The number of carbonyl (C=O) groups is 2. The van der Waals surface area contributed by atoms with Crippen molar-refractivity contribution in [2.24, 2.45) is 0 Å². The fourth-order valence-electron chi connectivity index (χ4n) is 8.94. The van der Waals surface area contributed by atoms with Crippen LogP contribution < -0.4 is 40.2 Å². The number of hydrogen-bond donors (Lipinski definition) is 5. The molecule has 0 saturated carbocycles. The number of nitrogens with one attached hydrogen (secondary N) is 2. The number of halogens is 6. The van der Waals surface area contributed by atoms with Gasteiger partial charge in [0.1, 0.15) is 34.9 Å². The van der Waals surface area contributed by atoms with E-state index in [1.54, 1.807) is 64.4 Å². The Morgan fingerprint density at radius 2 is 0.972 bits per heavy atom. The summed E-state index contributed by atoms with van der Waals surface area (Å²) >= 11 is 0. The number of hydrogen-bond acceptors (Lipinski definition) is 6. The van der Waals surface area contributed by atoms with E-state index in [-0.39, 0.29) is 81.8 Å². The van der Waals surface area contributed by atoms with E-state index in [2.05, 4.69) is 22.3 Å². The zero-order valence-electron chi connectivity index (χ0n) is 40.4. The molecule has 3 radical (unpaired) electrons. The topological polar surface area (TPSA) is 135 Å². The minimum atomic E-state index is -0.764. The van der Waals surface area contributed by atoms with E-state index < -0.39 is 34.3 Å². The summed E-state index contributed by atoms with van der Waals surface area (Å²) in [5.74, 6) is -3.19. The summed E-state index contributed by atoms with van der Waals surface area (Å²) in [5.41, 5.74) is 3.84. The summed E-state index contributed by atoms with van der Waals surface area (Å²) in [6, 6.07) is 32.5. The molecule has 0 unspecified atom stereocenters. The number of carbonyl (C=O) groups excluding carboxylic acids is 2. The fourth-order valence-corrected chi connectivity index (χ4v) is 8.94. The summed E-state index contributed by atoms with van der Waals surface area (Å²) in [4.78, 5) is 29.7. The van der Waals surface area contributed by atoms with Crippen molar-refractivity contribution in [2.75, 3.05) is 19.7 Å². The Morgan fingerprint density at radius 1 is 0.620 bits per heavy atom. The first kappa shape index (κ1) is 57.7. The Morgan fingerprint density at radius 3 is 1.32 bits per heavy atom. The monoisotopic (exact) mass is 989 g/mol. The minimum absolute atomic E-state index is 0. The van der Waals surface area contributed by atoms with Crippen LogP contribution in [0.3, 0.4) is 0 Å². The van der Waals surface area contributed by atoms with Crippen LogP contribution in [0.15, 0.2) is 146 Å². The first-order valence-corrected chi connectivity index (χ1v) is 22.0. The van der Waals surface area contributed by atoms with Crippen LogP contribution in [-0.2, 0) is 16.1 Å². The van der Waals surface area contributed by atoms with Crippen LogP contribution in [0.1, 0.15) is 75.3 Å². The van der Waals surface area contributed by atoms with E-state index in [0.717, 1.165) is 34.4 Å². The normalized spacial score (nSPS) is 18.1. The predicted octanol–water partition coefficient (Wildman–Crippen LogP) is 8.93. The van der Waals surface area contributed by atoms with Crippen molar-refractivity contribution in [1.82, 2.24) is 20.4 Å². The van der Waals surface area contributed by atoms with Crippen LogP contribution in [0, 0.1) is 34.9 Å². The van der Waals surface area contributed by atoms with E-state index >= 15 is 0 Å². The molecule has 0 spiro atoms. The van der Waals surface area contributed by atoms with Gasteiger partial charge in [-0.3, -0.25) is 0 Å². The first-order chi connectivity index (χ1) is 33.1. The summed E-state index contributed by atoms with van der Waals surface area (Å²) < 4.78 is 81.4. The third kappa shape index (κ3) is 13.7. The average Bonchev–Trinajstić information content (AvgIpc) is 3.32. The largest absolute Gasteiger partial charge is 1.00 e. The van der Waals surface area contributed by atoms with Gasteiger partial charge in [0.2, 0.25) is 0 Å². The molecule has 2 fully saturated rings. The number of rotatable bonds is 12. The molecule has 18 heteroatoms. The van der Waals surface area contributed by atoms with Gasteiger partial charge >= 0.3 is 41.6 Å². The van der Waals surface area contributed by atoms with Gasteiger partial charge in [-0.15, -0.1) is 6.58 Å². The molecule has 71 heavy (non-hydrogen) atoms. The van der Waals surface area contributed by atoms with Crippen LogP contribution in [0.25, 0.3) is 22.3 Å². The number of nitrogens with zero attached hydrogens (tertiary/aromatic N) is 2. The van der Waals surface area contributed by atoms with Gasteiger partial charge in [0, 0.05) is 51.4 Å². The van der Waals surface area contributed by atoms with Crippen molar-refractivity contribution in [2.45, 2.75) is 62.7 Å². The molecule has 5 N–H and O–H groups in total. The zero-order valence-corrected chi connectivity index (χ0v) is 41.4. The van der Waals surface area contributed by atoms with Crippen molar-refractivity contribution in [3.05, 3.63) is 203 Å². The van der Waals surface area contributed by atoms with E-state index in [1.807, 2.05) is 38.1 Å². The quantitative estimate of drug-likeness (QED) is 0.0274. The summed E-state index contributed by atoms with van der Waals surface area (Å²) in [6.45, 7) is 8.50. The van der Waals surface area contributed by atoms with Gasteiger partial charge in [0.25, 0.3) is 0 Å². The third-order valence-electron chi connectivity index (χ3n) is 12.8. The zero-order chi connectivity index (χ0) is 49.9. The Hall–Kier alpha value is -5.92. The van der Waals surface area contributed by atoms with Crippen molar-refractivity contribution in [3.8, 4) is 22.3 Å². The van der Waals surface area contributed by atoms with Gasteiger partial charge in [-0.2, -0.15) is 0 Å². The molecule has 0 bridgehead atoms. The Labute approximate surface area is 434 Å². The number of aliphatic hydroxyl groups is 1. The van der Waals surface area contributed by atoms with Crippen LogP contribution in [0.4, 0.5) is 35.9 Å². The molecule has 10 nitrogen and oxygen atoms in total. The molecule has 6 aromatic carbocycles. The molecule has 4 amide bonds. The van der Waals surface area contributed by atoms with Crippen LogP contribution in [-0.4, -0.2) is 65.6 Å². The molecule has 6 aromatic rings. The van der Waals surface area contributed by atoms with E-state index in [4.69, 9.17) is 10.5 Å². The second-order valence-corrected chi connectivity index (χ2v) is 16.8. The Balaban J connectivity index is 0.000000347. The summed E-state index contributed by atoms with van der Waals surface area (Å²) in [5, 5.41) is 31.3. The van der Waals surface area contributed by atoms with Gasteiger partial charge in [-0.05, 0) is 121 Å². The van der Waals surface area contributed by atoms with Crippen LogP contribution >= 0.6 is 0 Å². The molecule has 2 saturated heterocycles. The van der Waals surface area contributed by atoms with Gasteiger partial charge in [0.15, 0.2) is 0 Å². The van der Waals surface area contributed by atoms with Gasteiger partial charge in [-0.25, -0.2) is 46.4 Å². The predicted molar refractivity (Wildman–Crippen MR) is 256 cm³/mol. The molecular weight excluding hydrogens is 936 g/mol. The standard InChI is InChI=1S/C27H25F3N2O.C26H25F3N2O2.B.Na.H2O3.H/c1-3-14-27(21-8-10-22(28)11-9-21)15-16-32(26(33)31-27)18(2)19-4-6-20(7-5-19)24-13-12-23(29)17-25(24)30;1-17(18-2-4-19(5-3-18)23-11-10-22(28)16-24(23)29)31-14-12-26(13-15-32,30-25(31)33)20-6-8-21(27)9-7-20;;;1-3-2;/h3-13,17-18H,1,14-16H2,2H3,(H,31,33);2-11,16-17,32H,12-15H2,1H3,(H,30,33);;;1-2H;/q;;;+1;;-1/t18-,27-;17-,26+;;;;/m00..../s1. The molecule has 0 aromatic heterocycles. The van der Waals surface area contributed by atoms with E-state index in [1.165, 1.54) is 48.5 Å².